The van der Waals surface area contributed by atoms with E-state index in [9.17, 15) is 13.2 Å². The number of H-pyrrole nitrogens is 1. The van der Waals surface area contributed by atoms with E-state index in [-0.39, 0.29) is 16.6 Å². The molecule has 0 bridgehead atoms. The Labute approximate surface area is 157 Å². The smallest absolute Gasteiger partial charge is 0.399 e. The van der Waals surface area contributed by atoms with E-state index in [1.54, 1.807) is 12.1 Å². The third-order valence-corrected chi connectivity index (χ3v) is 4.75. The summed E-state index contributed by atoms with van der Waals surface area (Å²) in [7, 11) is 0. The van der Waals surface area contributed by atoms with E-state index < -0.39 is 17.2 Å². The maximum atomic E-state index is 13.3. The summed E-state index contributed by atoms with van der Waals surface area (Å²) in [5.41, 5.74) is 6.25. The van der Waals surface area contributed by atoms with Gasteiger partial charge >= 0.3 is 6.18 Å². The molecule has 7 nitrogen and oxygen atoms in total. The first kappa shape index (κ1) is 18.0. The first-order valence-electron chi connectivity index (χ1n) is 8.37. The van der Waals surface area contributed by atoms with Gasteiger partial charge in [0.25, 0.3) is 0 Å². The van der Waals surface area contributed by atoms with Crippen molar-refractivity contribution in [2.24, 2.45) is 0 Å². The van der Waals surface area contributed by atoms with E-state index in [1.807, 2.05) is 26.0 Å². The Morgan fingerprint density at radius 3 is 2.39 bits per heavy atom. The number of alkyl halides is 3. The van der Waals surface area contributed by atoms with Crippen LogP contribution in [-0.2, 0) is 11.6 Å². The minimum absolute atomic E-state index is 0.00194. The third kappa shape index (κ3) is 2.86. The van der Waals surface area contributed by atoms with Crippen LogP contribution in [0.15, 0.2) is 42.6 Å². The molecule has 144 valence electrons. The summed E-state index contributed by atoms with van der Waals surface area (Å²) < 4.78 is 41.4. The summed E-state index contributed by atoms with van der Waals surface area (Å²) in [5, 5.41) is 18.2. The molecule has 0 aliphatic heterocycles. The van der Waals surface area contributed by atoms with Gasteiger partial charge in [0.15, 0.2) is 5.82 Å². The fourth-order valence-electron chi connectivity index (χ4n) is 3.16. The number of nitrogens with two attached hydrogens (primary N) is 1. The molecule has 4 aromatic rings. The van der Waals surface area contributed by atoms with Crippen molar-refractivity contribution in [2.45, 2.75) is 25.4 Å². The molecule has 0 radical (unpaired) electrons. The zero-order valence-corrected chi connectivity index (χ0v) is 15.0. The van der Waals surface area contributed by atoms with Crippen LogP contribution in [0.3, 0.4) is 0 Å². The molecule has 0 spiro atoms. The number of fused-ring (bicyclic) bond motifs is 1. The molecule has 0 aliphatic carbocycles. The second-order valence-electron chi connectivity index (χ2n) is 6.96. The average Bonchev–Trinajstić information content (AvgIpc) is 3.30. The highest BCUT2D eigenvalue weighted by molar-refractivity contribution is 5.87. The van der Waals surface area contributed by atoms with E-state index in [2.05, 4.69) is 25.7 Å². The van der Waals surface area contributed by atoms with Crippen LogP contribution in [-0.4, -0.2) is 30.4 Å². The van der Waals surface area contributed by atoms with E-state index >= 15 is 0 Å². The fraction of sp³-hybridized carbons (Fsp3) is 0.222. The summed E-state index contributed by atoms with van der Waals surface area (Å²) in [5.74, 6) is 0.535. The molecule has 0 fully saturated rings. The predicted octanol–water partition coefficient (Wildman–Crippen LogP) is 3.47. The van der Waals surface area contributed by atoms with Crippen molar-refractivity contribution < 1.29 is 13.2 Å². The Hall–Kier alpha value is -3.43. The predicted molar refractivity (Wildman–Crippen MR) is 96.8 cm³/mol. The minimum atomic E-state index is -4.51. The number of hydrogen-bond acceptors (Lipinski definition) is 5. The van der Waals surface area contributed by atoms with Crippen molar-refractivity contribution in [1.82, 2.24) is 30.4 Å². The Kier molecular flexibility index (Phi) is 3.88. The van der Waals surface area contributed by atoms with E-state index in [0.29, 0.717) is 11.5 Å². The van der Waals surface area contributed by atoms with Crippen molar-refractivity contribution in [1.29, 1.82) is 0 Å². The number of rotatable bonds is 3. The molecule has 3 N–H and O–H groups in total. The number of aromatic amines is 1. The van der Waals surface area contributed by atoms with Gasteiger partial charge in [-0.1, -0.05) is 17.3 Å². The van der Waals surface area contributed by atoms with Crippen molar-refractivity contribution in [3.63, 3.8) is 0 Å². The third-order valence-electron chi connectivity index (χ3n) is 4.75. The molecule has 0 atom stereocenters. The maximum Gasteiger partial charge on any atom is 0.417 e. The molecule has 0 unspecified atom stereocenters. The summed E-state index contributed by atoms with van der Waals surface area (Å²) in [6.07, 6.45) is -3.31. The second kappa shape index (κ2) is 6.04. The van der Waals surface area contributed by atoms with Crippen LogP contribution in [0.1, 0.15) is 30.8 Å². The maximum absolute atomic E-state index is 13.3. The zero-order valence-electron chi connectivity index (χ0n) is 15.0. The van der Waals surface area contributed by atoms with Gasteiger partial charge < -0.3 is 5.73 Å². The number of nitrogens with one attached hydrogen (secondary N) is 1. The van der Waals surface area contributed by atoms with Crippen molar-refractivity contribution in [3.8, 4) is 5.69 Å². The SMILES string of the molecule is CC(C)(c1ccc(-n2ncc3c(C(F)(F)F)cc(N)cc32)cc1)c1nn[nH]n1. The van der Waals surface area contributed by atoms with Gasteiger partial charge in [-0.2, -0.15) is 23.5 Å². The van der Waals surface area contributed by atoms with Crippen LogP contribution in [0.2, 0.25) is 0 Å². The molecular formula is C18H16F3N7. The largest absolute Gasteiger partial charge is 0.417 e. The molecule has 0 saturated heterocycles. The van der Waals surface area contributed by atoms with Gasteiger partial charge in [-0.15, -0.1) is 10.2 Å². The van der Waals surface area contributed by atoms with Gasteiger partial charge in [-0.05, 0) is 43.7 Å². The van der Waals surface area contributed by atoms with E-state index in [4.69, 9.17) is 5.73 Å². The van der Waals surface area contributed by atoms with Gasteiger partial charge in [0.2, 0.25) is 0 Å². The van der Waals surface area contributed by atoms with Crippen LogP contribution >= 0.6 is 0 Å². The summed E-state index contributed by atoms with van der Waals surface area (Å²) in [4.78, 5) is 0. The molecule has 2 aromatic carbocycles. The van der Waals surface area contributed by atoms with Crippen LogP contribution in [0, 0.1) is 0 Å². The quantitative estimate of drug-likeness (QED) is 0.525. The lowest BCUT2D eigenvalue weighted by atomic mass is 9.84. The monoisotopic (exact) mass is 387 g/mol. The molecule has 0 amide bonds. The van der Waals surface area contributed by atoms with Gasteiger partial charge in [-0.3, -0.25) is 0 Å². The number of nitrogen functional groups attached to an aromatic ring is 1. The number of anilines is 1. The van der Waals surface area contributed by atoms with Crippen LogP contribution in [0.25, 0.3) is 16.6 Å². The van der Waals surface area contributed by atoms with Crippen LogP contribution in [0.5, 0.6) is 0 Å². The first-order valence-corrected chi connectivity index (χ1v) is 8.37. The van der Waals surface area contributed by atoms with Gasteiger partial charge in [0.05, 0.1) is 28.4 Å². The number of nitrogens with zero attached hydrogens (tertiary/aromatic N) is 5. The lowest BCUT2D eigenvalue weighted by Gasteiger charge is -2.21. The standard InChI is InChI=1S/C18H16F3N7/c1-17(2,16-24-26-27-25-16)10-3-5-12(6-4-10)28-15-8-11(22)7-14(18(19,20)21)13(15)9-23-28/h3-9H,22H2,1-2H3,(H,24,25,26,27). The summed E-state index contributed by atoms with van der Waals surface area (Å²) in [6, 6.07) is 9.67. The fourth-order valence-corrected chi connectivity index (χ4v) is 3.16. The summed E-state index contributed by atoms with van der Waals surface area (Å²) >= 11 is 0. The van der Waals surface area contributed by atoms with Crippen LogP contribution < -0.4 is 5.73 Å². The number of aromatic nitrogens is 6. The molecule has 2 heterocycles. The van der Waals surface area contributed by atoms with E-state index in [0.717, 1.165) is 11.6 Å². The minimum Gasteiger partial charge on any atom is -0.399 e. The average molecular weight is 387 g/mol. The molecule has 0 aliphatic rings. The number of halogens is 3. The number of hydrogen-bond donors (Lipinski definition) is 2. The highest BCUT2D eigenvalue weighted by Gasteiger charge is 2.34. The Balaban J connectivity index is 1.78. The molecular weight excluding hydrogens is 371 g/mol. The molecule has 4 rings (SSSR count). The molecule has 2 aromatic heterocycles. The normalized spacial score (nSPS) is 12.6. The molecule has 28 heavy (non-hydrogen) atoms. The zero-order chi connectivity index (χ0) is 20.1. The molecule has 10 heteroatoms. The lowest BCUT2D eigenvalue weighted by Crippen LogP contribution is -2.21. The lowest BCUT2D eigenvalue weighted by molar-refractivity contribution is -0.136. The Bertz CT molecular complexity index is 1130. The Morgan fingerprint density at radius 2 is 1.79 bits per heavy atom. The van der Waals surface area contributed by atoms with Gasteiger partial charge in [0, 0.05) is 11.1 Å². The van der Waals surface area contributed by atoms with Gasteiger partial charge in [-0.25, -0.2) is 4.68 Å². The summed E-state index contributed by atoms with van der Waals surface area (Å²) in [6.45, 7) is 3.90. The second-order valence-corrected chi connectivity index (χ2v) is 6.96. The van der Waals surface area contributed by atoms with Gasteiger partial charge in [0.1, 0.15) is 0 Å². The highest BCUT2D eigenvalue weighted by atomic mass is 19.4. The highest BCUT2D eigenvalue weighted by Crippen LogP contribution is 2.37. The molecule has 0 saturated carbocycles. The number of tetrazole rings is 1. The topological polar surface area (TPSA) is 98.3 Å². The van der Waals surface area contributed by atoms with Crippen molar-refractivity contribution >= 4 is 16.6 Å². The number of benzene rings is 2. The van der Waals surface area contributed by atoms with Crippen molar-refractivity contribution in [3.05, 3.63) is 59.5 Å². The first-order chi connectivity index (χ1) is 13.2. The van der Waals surface area contributed by atoms with E-state index in [1.165, 1.54) is 16.9 Å². The Morgan fingerprint density at radius 1 is 1.07 bits per heavy atom. The van der Waals surface area contributed by atoms with Crippen molar-refractivity contribution in [2.75, 3.05) is 5.73 Å². The van der Waals surface area contributed by atoms with Crippen LogP contribution in [0.4, 0.5) is 18.9 Å².